The molecular formula is C26H32N2O5. The average Bonchev–Trinajstić information content (AvgIpc) is 3.02. The predicted octanol–water partition coefficient (Wildman–Crippen LogP) is 4.31. The van der Waals surface area contributed by atoms with Gasteiger partial charge >= 0.3 is 12.1 Å². The van der Waals surface area contributed by atoms with E-state index < -0.39 is 35.0 Å². The summed E-state index contributed by atoms with van der Waals surface area (Å²) in [6, 6.07) is 15.1. The van der Waals surface area contributed by atoms with E-state index in [-0.39, 0.29) is 18.9 Å². The highest BCUT2D eigenvalue weighted by Crippen LogP contribution is 2.44. The lowest BCUT2D eigenvalue weighted by Gasteiger charge is -2.30. The Morgan fingerprint density at radius 1 is 0.939 bits per heavy atom. The van der Waals surface area contributed by atoms with Crippen LogP contribution in [-0.4, -0.2) is 41.3 Å². The number of carbonyl (C=O) groups is 3. The van der Waals surface area contributed by atoms with Crippen molar-refractivity contribution >= 4 is 18.0 Å². The van der Waals surface area contributed by atoms with Crippen LogP contribution < -0.4 is 10.6 Å². The summed E-state index contributed by atoms with van der Waals surface area (Å²) in [5.41, 5.74) is 2.95. The zero-order chi connectivity index (χ0) is 24.4. The van der Waals surface area contributed by atoms with Crippen molar-refractivity contribution in [3.05, 3.63) is 59.7 Å². The second-order valence-electron chi connectivity index (χ2n) is 10.2. The van der Waals surface area contributed by atoms with Crippen LogP contribution in [-0.2, 0) is 14.3 Å². The molecule has 176 valence electrons. The summed E-state index contributed by atoms with van der Waals surface area (Å²) < 4.78 is 5.55. The SMILES string of the molecule is CC(C)(CC(=O)NC(C(=O)O)C(C)(C)C)NC(=O)OCC1c2ccccc2-c2ccccc21. The first-order valence-electron chi connectivity index (χ1n) is 11.0. The van der Waals surface area contributed by atoms with E-state index in [0.717, 1.165) is 22.3 Å². The third kappa shape index (κ3) is 5.72. The van der Waals surface area contributed by atoms with E-state index in [1.807, 2.05) is 36.4 Å². The molecule has 0 heterocycles. The monoisotopic (exact) mass is 452 g/mol. The number of carboxylic acids is 1. The van der Waals surface area contributed by atoms with Crippen molar-refractivity contribution in [3.8, 4) is 11.1 Å². The largest absolute Gasteiger partial charge is 0.480 e. The van der Waals surface area contributed by atoms with Crippen LogP contribution >= 0.6 is 0 Å². The van der Waals surface area contributed by atoms with Crippen molar-refractivity contribution in [3.63, 3.8) is 0 Å². The van der Waals surface area contributed by atoms with Gasteiger partial charge in [-0.15, -0.1) is 0 Å². The quantitative estimate of drug-likeness (QED) is 0.581. The minimum Gasteiger partial charge on any atom is -0.480 e. The Balaban J connectivity index is 1.59. The van der Waals surface area contributed by atoms with Gasteiger partial charge in [-0.2, -0.15) is 0 Å². The molecule has 0 aromatic heterocycles. The number of benzene rings is 2. The van der Waals surface area contributed by atoms with Crippen LogP contribution in [0.25, 0.3) is 11.1 Å². The zero-order valence-electron chi connectivity index (χ0n) is 19.8. The molecule has 2 aromatic carbocycles. The summed E-state index contributed by atoms with van der Waals surface area (Å²) >= 11 is 0. The number of hydrogen-bond acceptors (Lipinski definition) is 4. The Morgan fingerprint density at radius 2 is 1.45 bits per heavy atom. The van der Waals surface area contributed by atoms with Gasteiger partial charge in [0, 0.05) is 17.9 Å². The van der Waals surface area contributed by atoms with Gasteiger partial charge < -0.3 is 20.5 Å². The van der Waals surface area contributed by atoms with Gasteiger partial charge in [0.1, 0.15) is 12.6 Å². The molecule has 0 saturated carbocycles. The van der Waals surface area contributed by atoms with E-state index >= 15 is 0 Å². The van der Waals surface area contributed by atoms with E-state index in [1.165, 1.54) is 0 Å². The molecule has 33 heavy (non-hydrogen) atoms. The number of hydrogen-bond donors (Lipinski definition) is 3. The number of fused-ring (bicyclic) bond motifs is 3. The number of alkyl carbamates (subject to hydrolysis) is 1. The zero-order valence-corrected chi connectivity index (χ0v) is 19.8. The molecule has 1 unspecified atom stereocenters. The number of amides is 2. The Hall–Kier alpha value is -3.35. The van der Waals surface area contributed by atoms with Gasteiger partial charge in [0.05, 0.1) is 0 Å². The number of aliphatic carboxylic acids is 1. The van der Waals surface area contributed by atoms with E-state index in [1.54, 1.807) is 34.6 Å². The molecule has 1 aliphatic carbocycles. The lowest BCUT2D eigenvalue weighted by atomic mass is 9.86. The minimum atomic E-state index is -1.10. The molecular weight excluding hydrogens is 420 g/mol. The summed E-state index contributed by atoms with van der Waals surface area (Å²) in [6.07, 6.45) is -0.711. The van der Waals surface area contributed by atoms with Crippen molar-refractivity contribution in [2.75, 3.05) is 6.61 Å². The van der Waals surface area contributed by atoms with Crippen LogP contribution in [0, 0.1) is 5.41 Å². The first kappa shape index (κ1) is 24.3. The molecule has 2 aromatic rings. The van der Waals surface area contributed by atoms with Gasteiger partial charge in [-0.25, -0.2) is 9.59 Å². The lowest BCUT2D eigenvalue weighted by molar-refractivity contribution is -0.145. The fourth-order valence-corrected chi connectivity index (χ4v) is 4.22. The van der Waals surface area contributed by atoms with Crippen molar-refractivity contribution in [2.24, 2.45) is 5.41 Å². The number of ether oxygens (including phenoxy) is 1. The van der Waals surface area contributed by atoms with Crippen LogP contribution in [0.4, 0.5) is 4.79 Å². The third-order valence-corrected chi connectivity index (χ3v) is 5.80. The normalized spacial score (nSPS) is 14.1. The molecule has 7 nitrogen and oxygen atoms in total. The number of carboxylic acid groups (broad SMARTS) is 1. The molecule has 0 aliphatic heterocycles. The second-order valence-corrected chi connectivity index (χ2v) is 10.2. The van der Waals surface area contributed by atoms with Crippen molar-refractivity contribution in [1.29, 1.82) is 0 Å². The number of rotatable bonds is 7. The van der Waals surface area contributed by atoms with Gasteiger partial charge in [0.15, 0.2) is 0 Å². The third-order valence-electron chi connectivity index (χ3n) is 5.80. The lowest BCUT2D eigenvalue weighted by Crippen LogP contribution is -2.53. The van der Waals surface area contributed by atoms with E-state index in [4.69, 9.17) is 4.74 Å². The van der Waals surface area contributed by atoms with Crippen molar-refractivity contribution < 1.29 is 24.2 Å². The highest BCUT2D eigenvalue weighted by atomic mass is 16.5. The topological polar surface area (TPSA) is 105 Å². The Morgan fingerprint density at radius 3 is 1.94 bits per heavy atom. The van der Waals surface area contributed by atoms with Crippen molar-refractivity contribution in [1.82, 2.24) is 10.6 Å². The summed E-state index contributed by atoms with van der Waals surface area (Å²) in [5, 5.41) is 14.7. The second kappa shape index (κ2) is 9.25. The highest BCUT2D eigenvalue weighted by Gasteiger charge is 2.35. The van der Waals surface area contributed by atoms with Gasteiger partial charge in [0.25, 0.3) is 0 Å². The summed E-state index contributed by atoms with van der Waals surface area (Å²) in [7, 11) is 0. The number of nitrogens with one attached hydrogen (secondary N) is 2. The highest BCUT2D eigenvalue weighted by molar-refractivity contribution is 5.85. The van der Waals surface area contributed by atoms with Gasteiger partial charge in [0.2, 0.25) is 5.91 Å². The average molecular weight is 453 g/mol. The molecule has 0 fully saturated rings. The molecule has 3 rings (SSSR count). The molecule has 7 heteroatoms. The van der Waals surface area contributed by atoms with Crippen LogP contribution in [0.3, 0.4) is 0 Å². The summed E-state index contributed by atoms with van der Waals surface area (Å²) in [4.78, 5) is 36.5. The Bertz CT molecular complexity index is 1010. The van der Waals surface area contributed by atoms with Gasteiger partial charge in [-0.1, -0.05) is 69.3 Å². The molecule has 1 atom stereocenters. The Labute approximate surface area is 194 Å². The molecule has 1 aliphatic rings. The first-order chi connectivity index (χ1) is 15.4. The summed E-state index contributed by atoms with van der Waals surface area (Å²) in [5.74, 6) is -1.61. The molecule has 0 bridgehead atoms. The number of carbonyl (C=O) groups excluding carboxylic acids is 2. The maximum atomic E-state index is 12.6. The maximum Gasteiger partial charge on any atom is 0.407 e. The van der Waals surface area contributed by atoms with Gasteiger partial charge in [-0.05, 0) is 41.5 Å². The molecule has 0 radical (unpaired) electrons. The molecule has 0 spiro atoms. The van der Waals surface area contributed by atoms with E-state index in [0.29, 0.717) is 0 Å². The summed E-state index contributed by atoms with van der Waals surface area (Å²) in [6.45, 7) is 8.79. The van der Waals surface area contributed by atoms with Crippen LogP contribution in [0.1, 0.15) is 58.1 Å². The first-order valence-corrected chi connectivity index (χ1v) is 11.0. The van der Waals surface area contributed by atoms with E-state index in [9.17, 15) is 19.5 Å². The molecule has 2 amide bonds. The standard InChI is InChI=1S/C26H32N2O5/c1-25(2,3)22(23(30)31)27-21(29)14-26(4,5)28-24(32)33-15-20-18-12-8-6-10-16(18)17-11-7-9-13-19(17)20/h6-13,20,22H,14-15H2,1-5H3,(H,27,29)(H,28,32)(H,30,31). The fraction of sp³-hybridized carbons (Fsp3) is 0.423. The minimum absolute atomic E-state index is 0.0577. The Kier molecular flexibility index (Phi) is 6.81. The van der Waals surface area contributed by atoms with Crippen LogP contribution in [0.15, 0.2) is 48.5 Å². The van der Waals surface area contributed by atoms with Crippen LogP contribution in [0.2, 0.25) is 0 Å². The van der Waals surface area contributed by atoms with Crippen LogP contribution in [0.5, 0.6) is 0 Å². The fourth-order valence-electron chi connectivity index (χ4n) is 4.22. The predicted molar refractivity (Wildman–Crippen MR) is 126 cm³/mol. The maximum absolute atomic E-state index is 12.6. The molecule has 3 N–H and O–H groups in total. The van der Waals surface area contributed by atoms with Crippen molar-refractivity contribution in [2.45, 2.75) is 58.5 Å². The van der Waals surface area contributed by atoms with E-state index in [2.05, 4.69) is 22.8 Å². The molecule has 0 saturated heterocycles. The van der Waals surface area contributed by atoms with Gasteiger partial charge in [-0.3, -0.25) is 4.79 Å². The smallest absolute Gasteiger partial charge is 0.407 e.